The Labute approximate surface area is 121 Å². The minimum absolute atomic E-state index is 0.0165. The number of hydrogen-bond donors (Lipinski definition) is 1. The summed E-state index contributed by atoms with van der Waals surface area (Å²) in [5.74, 6) is 0.691. The summed E-state index contributed by atoms with van der Waals surface area (Å²) in [6.07, 6.45) is 5.84. The summed E-state index contributed by atoms with van der Waals surface area (Å²) in [6, 6.07) is 0.338. The van der Waals surface area contributed by atoms with Crippen molar-refractivity contribution in [3.05, 3.63) is 23.1 Å². The van der Waals surface area contributed by atoms with Gasteiger partial charge in [0.15, 0.2) is 4.34 Å². The molecule has 102 valence electrons. The van der Waals surface area contributed by atoms with Crippen molar-refractivity contribution in [2.45, 2.75) is 23.2 Å². The van der Waals surface area contributed by atoms with Crippen LogP contribution in [0.4, 0.5) is 0 Å². The topological polar surface area (TPSA) is 45.2 Å². The van der Waals surface area contributed by atoms with Gasteiger partial charge in [0.05, 0.1) is 0 Å². The first kappa shape index (κ1) is 13.1. The molecular formula is C13H17N3OS2. The number of carbonyl (C=O) groups is 1. The third-order valence-electron chi connectivity index (χ3n) is 3.78. The highest BCUT2D eigenvalue weighted by atomic mass is 32.2. The SMILES string of the molecule is O=C(C=CSc1nccs1)N[C@H]1CN2CCC1CC2. The molecule has 0 aliphatic carbocycles. The smallest absolute Gasteiger partial charge is 0.244 e. The molecule has 3 aliphatic heterocycles. The van der Waals surface area contributed by atoms with Crippen LogP contribution in [0.15, 0.2) is 27.4 Å². The van der Waals surface area contributed by atoms with Gasteiger partial charge in [-0.05, 0) is 37.3 Å². The van der Waals surface area contributed by atoms with E-state index in [-0.39, 0.29) is 5.91 Å². The summed E-state index contributed by atoms with van der Waals surface area (Å²) in [5.41, 5.74) is 0. The van der Waals surface area contributed by atoms with E-state index < -0.39 is 0 Å². The van der Waals surface area contributed by atoms with Crippen LogP contribution in [0.25, 0.3) is 0 Å². The van der Waals surface area contributed by atoms with Gasteiger partial charge in [0.2, 0.25) is 5.91 Å². The van der Waals surface area contributed by atoms with Crippen LogP contribution < -0.4 is 5.32 Å². The van der Waals surface area contributed by atoms with E-state index in [0.717, 1.165) is 10.9 Å². The van der Waals surface area contributed by atoms with E-state index in [9.17, 15) is 4.79 Å². The average Bonchev–Trinajstić information content (AvgIpc) is 2.93. The fraction of sp³-hybridized carbons (Fsp3) is 0.538. The molecule has 0 radical (unpaired) electrons. The van der Waals surface area contributed by atoms with Gasteiger partial charge in [0.25, 0.3) is 0 Å². The van der Waals surface area contributed by atoms with Crippen molar-refractivity contribution >= 4 is 29.0 Å². The minimum Gasteiger partial charge on any atom is -0.348 e. The van der Waals surface area contributed by atoms with Crippen LogP contribution in [0.1, 0.15) is 12.8 Å². The second-order valence-corrected chi connectivity index (χ2v) is 7.02. The number of piperidine rings is 3. The highest BCUT2D eigenvalue weighted by Crippen LogP contribution is 2.27. The first-order valence-corrected chi connectivity index (χ1v) is 8.33. The molecule has 0 saturated carbocycles. The number of carbonyl (C=O) groups excluding carboxylic acids is 1. The lowest BCUT2D eigenvalue weighted by molar-refractivity contribution is -0.118. The largest absolute Gasteiger partial charge is 0.348 e. The zero-order chi connectivity index (χ0) is 13.1. The molecule has 1 aromatic rings. The van der Waals surface area contributed by atoms with Crippen LogP contribution in [-0.4, -0.2) is 41.5 Å². The Hall–Kier alpha value is -0.850. The lowest BCUT2D eigenvalue weighted by atomic mass is 9.84. The van der Waals surface area contributed by atoms with Gasteiger partial charge in [0.1, 0.15) is 0 Å². The quantitative estimate of drug-likeness (QED) is 0.681. The maximum Gasteiger partial charge on any atom is 0.244 e. The Morgan fingerprint density at radius 1 is 1.53 bits per heavy atom. The van der Waals surface area contributed by atoms with Crippen LogP contribution in [-0.2, 0) is 4.79 Å². The number of rotatable bonds is 4. The molecule has 0 aromatic carbocycles. The van der Waals surface area contributed by atoms with Gasteiger partial charge >= 0.3 is 0 Å². The predicted octanol–water partition coefficient (Wildman–Crippen LogP) is 1.96. The number of hydrogen-bond acceptors (Lipinski definition) is 5. The van der Waals surface area contributed by atoms with Gasteiger partial charge in [-0.3, -0.25) is 4.79 Å². The Bertz CT molecular complexity index is 452. The van der Waals surface area contributed by atoms with Crippen LogP contribution in [0.3, 0.4) is 0 Å². The fourth-order valence-electron chi connectivity index (χ4n) is 2.78. The molecule has 1 N–H and O–H groups in total. The molecular weight excluding hydrogens is 278 g/mol. The standard InChI is InChI=1S/C13H17N3OS2/c17-12(3-7-18-13-14-4-8-19-13)15-11-9-16-5-1-10(11)2-6-16/h3-4,7-8,10-11H,1-2,5-6,9H2,(H,15,17)/t11-/m0/s1. The second-order valence-electron chi connectivity index (χ2n) is 4.97. The molecule has 19 heavy (non-hydrogen) atoms. The molecule has 1 atom stereocenters. The number of amides is 1. The molecule has 2 bridgehead atoms. The van der Waals surface area contributed by atoms with Crippen molar-refractivity contribution in [1.82, 2.24) is 15.2 Å². The molecule has 3 fully saturated rings. The van der Waals surface area contributed by atoms with Crippen molar-refractivity contribution in [3.8, 4) is 0 Å². The number of thiazole rings is 1. The summed E-state index contributed by atoms with van der Waals surface area (Å²) >= 11 is 3.07. The maximum atomic E-state index is 11.9. The Kier molecular flexibility index (Phi) is 4.20. The molecule has 6 heteroatoms. The molecule has 0 spiro atoms. The number of aromatic nitrogens is 1. The van der Waals surface area contributed by atoms with Gasteiger partial charge in [-0.15, -0.1) is 11.3 Å². The molecule has 4 nitrogen and oxygen atoms in total. The lowest BCUT2D eigenvalue weighted by Crippen LogP contribution is -2.57. The third kappa shape index (κ3) is 3.38. The first-order chi connectivity index (χ1) is 9.31. The monoisotopic (exact) mass is 295 g/mol. The van der Waals surface area contributed by atoms with E-state index in [2.05, 4.69) is 15.2 Å². The van der Waals surface area contributed by atoms with E-state index in [1.165, 1.54) is 37.7 Å². The van der Waals surface area contributed by atoms with Crippen molar-refractivity contribution in [3.63, 3.8) is 0 Å². The Morgan fingerprint density at radius 3 is 3.00 bits per heavy atom. The molecule has 3 saturated heterocycles. The molecule has 4 heterocycles. The zero-order valence-electron chi connectivity index (χ0n) is 10.6. The molecule has 3 aliphatic rings. The first-order valence-electron chi connectivity index (χ1n) is 6.57. The average molecular weight is 295 g/mol. The zero-order valence-corrected chi connectivity index (χ0v) is 12.3. The Morgan fingerprint density at radius 2 is 2.37 bits per heavy atom. The van der Waals surface area contributed by atoms with E-state index in [0.29, 0.717) is 12.0 Å². The van der Waals surface area contributed by atoms with Gasteiger partial charge in [0, 0.05) is 30.2 Å². The molecule has 1 amide bonds. The summed E-state index contributed by atoms with van der Waals surface area (Å²) in [5, 5.41) is 6.88. The number of fused-ring (bicyclic) bond motifs is 3. The Balaban J connectivity index is 1.47. The fourth-order valence-corrected chi connectivity index (χ4v) is 4.13. The molecule has 4 rings (SSSR count). The van der Waals surface area contributed by atoms with Gasteiger partial charge in [-0.1, -0.05) is 11.8 Å². The number of thioether (sulfide) groups is 1. The summed E-state index contributed by atoms with van der Waals surface area (Å²) in [7, 11) is 0. The highest BCUT2D eigenvalue weighted by Gasteiger charge is 2.34. The second kappa shape index (κ2) is 6.07. The molecule has 0 unspecified atom stereocenters. The normalized spacial score (nSPS) is 29.8. The summed E-state index contributed by atoms with van der Waals surface area (Å²) in [6.45, 7) is 3.42. The number of nitrogens with zero attached hydrogens (tertiary/aromatic N) is 2. The van der Waals surface area contributed by atoms with Crippen molar-refractivity contribution < 1.29 is 4.79 Å². The van der Waals surface area contributed by atoms with Gasteiger partial charge in [-0.25, -0.2) is 4.98 Å². The van der Waals surface area contributed by atoms with Crippen molar-refractivity contribution in [2.24, 2.45) is 5.92 Å². The van der Waals surface area contributed by atoms with Crippen LogP contribution >= 0.6 is 23.1 Å². The number of nitrogens with one attached hydrogen (secondary N) is 1. The van der Waals surface area contributed by atoms with Crippen LogP contribution in [0, 0.1) is 5.92 Å². The summed E-state index contributed by atoms with van der Waals surface area (Å²) in [4.78, 5) is 18.5. The van der Waals surface area contributed by atoms with Crippen molar-refractivity contribution in [1.29, 1.82) is 0 Å². The minimum atomic E-state index is 0.0165. The van der Waals surface area contributed by atoms with Crippen LogP contribution in [0.2, 0.25) is 0 Å². The van der Waals surface area contributed by atoms with E-state index in [4.69, 9.17) is 0 Å². The molecule has 1 aromatic heterocycles. The van der Waals surface area contributed by atoms with Crippen molar-refractivity contribution in [2.75, 3.05) is 19.6 Å². The van der Waals surface area contributed by atoms with Gasteiger partial charge in [-0.2, -0.15) is 0 Å². The lowest BCUT2D eigenvalue weighted by Gasteiger charge is -2.44. The maximum absolute atomic E-state index is 11.9. The predicted molar refractivity (Wildman–Crippen MR) is 78.2 cm³/mol. The highest BCUT2D eigenvalue weighted by molar-refractivity contribution is 8.03. The van der Waals surface area contributed by atoms with E-state index >= 15 is 0 Å². The third-order valence-corrected chi connectivity index (χ3v) is 5.50. The van der Waals surface area contributed by atoms with Crippen LogP contribution in [0.5, 0.6) is 0 Å². The van der Waals surface area contributed by atoms with E-state index in [1.54, 1.807) is 23.6 Å². The van der Waals surface area contributed by atoms with Gasteiger partial charge < -0.3 is 10.2 Å². The van der Waals surface area contributed by atoms with E-state index in [1.807, 2.05) is 10.8 Å². The summed E-state index contributed by atoms with van der Waals surface area (Å²) < 4.78 is 0.965.